The van der Waals surface area contributed by atoms with Gasteiger partial charge in [0.1, 0.15) is 11.6 Å². The predicted molar refractivity (Wildman–Crippen MR) is 262 cm³/mol. The maximum absolute atomic E-state index is 13.1. The summed E-state index contributed by atoms with van der Waals surface area (Å²) in [6.45, 7) is 19.7. The Balaban J connectivity index is 0.000000394. The normalized spacial score (nSPS) is 10.4. The molecule has 6 nitrogen and oxygen atoms in total. The van der Waals surface area contributed by atoms with Crippen LogP contribution < -0.4 is 11.5 Å². The van der Waals surface area contributed by atoms with Gasteiger partial charge in [0, 0.05) is 47.1 Å². The molecule has 5 aromatic carbocycles. The second kappa shape index (κ2) is 27.1. The van der Waals surface area contributed by atoms with Crippen molar-refractivity contribution in [2.75, 3.05) is 11.5 Å². The molecule has 0 unspecified atom stereocenters. The lowest BCUT2D eigenvalue weighted by Crippen LogP contribution is -1.96. The molecule has 0 spiro atoms. The van der Waals surface area contributed by atoms with Gasteiger partial charge in [-0.1, -0.05) is 145 Å². The maximum atomic E-state index is 13.1. The average Bonchev–Trinajstić information content (AvgIpc) is 3.16. The van der Waals surface area contributed by atoms with Gasteiger partial charge in [-0.25, -0.2) is 8.78 Å². The molecule has 14 heteroatoms. The zero-order valence-corrected chi connectivity index (χ0v) is 41.4. The van der Waals surface area contributed by atoms with Crippen LogP contribution >= 0.6 is 69.6 Å². The predicted octanol–water partition coefficient (Wildman–Crippen LogP) is 16.5. The van der Waals surface area contributed by atoms with Crippen LogP contribution in [0.2, 0.25) is 30.1 Å². The lowest BCUT2D eigenvalue weighted by atomic mass is 9.97. The lowest BCUT2D eigenvalue weighted by molar-refractivity contribution is 0.282. The first-order chi connectivity index (χ1) is 29.4. The van der Waals surface area contributed by atoms with E-state index < -0.39 is 5.82 Å². The van der Waals surface area contributed by atoms with Gasteiger partial charge in [0.25, 0.3) is 0 Å². The minimum absolute atomic E-state index is 0.0299. The Kier molecular flexibility index (Phi) is 24.5. The van der Waals surface area contributed by atoms with E-state index in [1.165, 1.54) is 18.2 Å². The molecule has 0 aliphatic heterocycles. The smallest absolute Gasteiger partial charge is 0.127 e. The number of nitrogen functional groups attached to an aromatic ring is 2. The van der Waals surface area contributed by atoms with E-state index >= 15 is 0 Å². The molecule has 0 aliphatic carbocycles. The molecule has 63 heavy (non-hydrogen) atoms. The van der Waals surface area contributed by atoms with Crippen LogP contribution in [0.1, 0.15) is 149 Å². The summed E-state index contributed by atoms with van der Waals surface area (Å²) in [5.41, 5.74) is 18.4. The van der Waals surface area contributed by atoms with Crippen molar-refractivity contribution in [3.8, 4) is 18.2 Å². The second-order valence-electron chi connectivity index (χ2n) is 15.7. The standard InChI is InChI=1S/C10H12Cl2O.C10H9ClFN.C10H11ClN2.C10H10FN.C9H11Cl2N/c1-6(2)10-8(11)3-7(5-13)4-9(10)12;1-6(2)10-7(5-13)3-8(12)4-9(10)11;1-6(2)10-7(5-12)3-8(13)4-9(10)11;1-7(2)10-8(6-12)4-3-5-9(10)11;1-5(2)9-7(10)3-6(12)4-8(9)11/h3-4,6,13H,5H2,1-2H3;3-4,6H,1-2H3;3-4,6H,13H2,1-2H3;3-5,7H,1-2H3;3-5H,12H2,1-2H3. The number of benzene rings is 5. The highest BCUT2D eigenvalue weighted by Crippen LogP contribution is 2.35. The van der Waals surface area contributed by atoms with E-state index in [1.54, 1.807) is 48.5 Å². The number of nitriles is 3. The average molecular weight is 979 g/mol. The molecule has 0 aliphatic rings. The molecule has 0 saturated heterocycles. The molecule has 336 valence electrons. The fraction of sp³-hybridized carbons (Fsp3) is 0.327. The first-order valence-corrected chi connectivity index (χ1v) is 22.0. The van der Waals surface area contributed by atoms with E-state index in [2.05, 4.69) is 6.07 Å². The number of hydrogen-bond acceptors (Lipinski definition) is 6. The van der Waals surface area contributed by atoms with Crippen molar-refractivity contribution in [3.05, 3.63) is 159 Å². The van der Waals surface area contributed by atoms with Crippen molar-refractivity contribution in [3.63, 3.8) is 0 Å². The number of hydrogen-bond donors (Lipinski definition) is 3. The van der Waals surface area contributed by atoms with Crippen LogP contribution in [0, 0.1) is 45.6 Å². The Labute approximate surface area is 401 Å². The Hall–Kier alpha value is -4.27. The molecule has 0 saturated carbocycles. The van der Waals surface area contributed by atoms with Crippen LogP contribution in [0.3, 0.4) is 0 Å². The number of nitrogens with two attached hydrogens (primary N) is 2. The minimum Gasteiger partial charge on any atom is -0.399 e. The summed E-state index contributed by atoms with van der Waals surface area (Å²) in [5, 5.41) is 38.6. The monoisotopic (exact) mass is 975 g/mol. The van der Waals surface area contributed by atoms with Crippen molar-refractivity contribution < 1.29 is 13.9 Å². The molecule has 5 N–H and O–H groups in total. The number of aliphatic hydroxyl groups is 1. The number of anilines is 2. The minimum atomic E-state index is -0.467. The van der Waals surface area contributed by atoms with Crippen molar-refractivity contribution in [2.45, 2.75) is 105 Å². The fourth-order valence-corrected chi connectivity index (χ4v) is 9.02. The highest BCUT2D eigenvalue weighted by Gasteiger charge is 2.15. The zero-order valence-electron chi connectivity index (χ0n) is 36.9. The lowest BCUT2D eigenvalue weighted by Gasteiger charge is -2.11. The molecule has 0 heterocycles. The van der Waals surface area contributed by atoms with Gasteiger partial charge in [-0.15, -0.1) is 0 Å². The van der Waals surface area contributed by atoms with Gasteiger partial charge in [0.15, 0.2) is 0 Å². The molecule has 5 aromatic rings. The first kappa shape index (κ1) is 56.7. The highest BCUT2D eigenvalue weighted by atomic mass is 35.5. The fourth-order valence-electron chi connectivity index (χ4n) is 6.24. The molecule has 0 bridgehead atoms. The van der Waals surface area contributed by atoms with Crippen molar-refractivity contribution >= 4 is 81.0 Å². The van der Waals surface area contributed by atoms with Crippen molar-refractivity contribution in [2.24, 2.45) is 0 Å². The van der Waals surface area contributed by atoms with Crippen molar-refractivity contribution in [1.82, 2.24) is 0 Å². The van der Waals surface area contributed by atoms with E-state index in [0.717, 1.165) is 22.3 Å². The van der Waals surface area contributed by atoms with Crippen molar-refractivity contribution in [1.29, 1.82) is 15.8 Å². The number of halogens is 8. The van der Waals surface area contributed by atoms with Gasteiger partial charge >= 0.3 is 0 Å². The molecule has 5 rings (SSSR count). The Bertz CT molecular complexity index is 2330. The number of rotatable bonds is 6. The molecule has 0 amide bonds. The van der Waals surface area contributed by atoms with E-state index in [-0.39, 0.29) is 30.2 Å². The van der Waals surface area contributed by atoms with Gasteiger partial charge in [-0.2, -0.15) is 15.8 Å². The maximum Gasteiger partial charge on any atom is 0.127 e. The Morgan fingerprint density at radius 1 is 0.476 bits per heavy atom. The highest BCUT2D eigenvalue weighted by molar-refractivity contribution is 6.37. The topological polar surface area (TPSA) is 144 Å². The molecular weight excluding hydrogens is 925 g/mol. The quantitative estimate of drug-likeness (QED) is 0.145. The second-order valence-corrected chi connectivity index (χ2v) is 18.1. The van der Waals surface area contributed by atoms with E-state index in [1.807, 2.05) is 81.4 Å². The summed E-state index contributed by atoms with van der Waals surface area (Å²) in [6.07, 6.45) is 0. The Morgan fingerprint density at radius 3 is 1.16 bits per heavy atom. The van der Waals surface area contributed by atoms with Gasteiger partial charge in [0.05, 0.1) is 41.5 Å². The van der Waals surface area contributed by atoms with Gasteiger partial charge < -0.3 is 16.6 Å². The number of nitrogens with zero attached hydrogens (tertiary/aromatic N) is 3. The molecule has 0 aromatic heterocycles. The SMILES string of the molecule is CC(C)c1c(Cl)cc(CO)cc1Cl.CC(C)c1c(Cl)cc(F)cc1C#N.CC(C)c1c(Cl)cc(N)cc1C#N.CC(C)c1c(Cl)cc(N)cc1Cl.CC(C)c1c(F)cccc1C#N. The summed E-state index contributed by atoms with van der Waals surface area (Å²) < 4.78 is 26.0. The van der Waals surface area contributed by atoms with Gasteiger partial charge in [-0.05, 0) is 118 Å². The Morgan fingerprint density at radius 2 is 0.810 bits per heavy atom. The summed E-state index contributed by atoms with van der Waals surface area (Å²) in [7, 11) is 0. The summed E-state index contributed by atoms with van der Waals surface area (Å²) >= 11 is 35.8. The van der Waals surface area contributed by atoms with Gasteiger partial charge in [-0.3, -0.25) is 0 Å². The van der Waals surface area contributed by atoms with Crippen LogP contribution in [-0.4, -0.2) is 5.11 Å². The van der Waals surface area contributed by atoms with Crippen LogP contribution in [0.15, 0.2) is 66.7 Å². The van der Waals surface area contributed by atoms with Crippen LogP contribution in [0.25, 0.3) is 0 Å². The van der Waals surface area contributed by atoms with Crippen LogP contribution in [0.5, 0.6) is 0 Å². The third-order valence-electron chi connectivity index (χ3n) is 8.97. The molecular formula is C49H53Cl6F2N5O. The number of aliphatic hydroxyl groups excluding tert-OH is 1. The molecule has 0 atom stereocenters. The summed E-state index contributed by atoms with van der Waals surface area (Å²) in [4.78, 5) is 0. The van der Waals surface area contributed by atoms with Gasteiger partial charge in [0.2, 0.25) is 0 Å². The van der Waals surface area contributed by atoms with E-state index in [9.17, 15) is 8.78 Å². The summed E-state index contributed by atoms with van der Waals surface area (Å²) in [6, 6.07) is 23.3. The zero-order chi connectivity index (χ0) is 48.5. The third kappa shape index (κ3) is 17.3. The largest absolute Gasteiger partial charge is 0.399 e. The van der Waals surface area contributed by atoms with Crippen LogP contribution in [-0.2, 0) is 6.61 Å². The third-order valence-corrected chi connectivity index (χ3v) is 10.8. The van der Waals surface area contributed by atoms with E-state index in [4.69, 9.17) is 102 Å². The van der Waals surface area contributed by atoms with Crippen LogP contribution in [0.4, 0.5) is 20.2 Å². The summed E-state index contributed by atoms with van der Waals surface area (Å²) in [5.74, 6) is 0.291. The first-order valence-electron chi connectivity index (χ1n) is 19.8. The molecule has 0 fully saturated rings. The molecule has 0 radical (unpaired) electrons. The van der Waals surface area contributed by atoms with E-state index in [0.29, 0.717) is 81.2 Å².